The molecule has 6 nitrogen and oxygen atoms in total. The number of benzene rings is 1. The zero-order valence-electron chi connectivity index (χ0n) is 12.8. The fourth-order valence-electron chi connectivity index (χ4n) is 2.93. The van der Waals surface area contributed by atoms with E-state index in [1.54, 1.807) is 0 Å². The summed E-state index contributed by atoms with van der Waals surface area (Å²) in [5.74, 6) is 1.57. The number of hydrogen-bond acceptors (Lipinski definition) is 6. The van der Waals surface area contributed by atoms with Crippen molar-refractivity contribution < 1.29 is 0 Å². The van der Waals surface area contributed by atoms with E-state index in [-0.39, 0.29) is 5.95 Å². The maximum atomic E-state index is 6.13. The van der Waals surface area contributed by atoms with Gasteiger partial charge in [-0.05, 0) is 19.0 Å². The molecule has 2 heterocycles. The van der Waals surface area contributed by atoms with Crippen molar-refractivity contribution in [2.24, 2.45) is 0 Å². The zero-order valence-corrected chi connectivity index (χ0v) is 12.8. The molecule has 5 N–H and O–H groups in total. The highest BCUT2D eigenvalue weighted by molar-refractivity contribution is 5.61. The summed E-state index contributed by atoms with van der Waals surface area (Å²) >= 11 is 0. The summed E-state index contributed by atoms with van der Waals surface area (Å²) in [5.41, 5.74) is 14.1. The second kappa shape index (κ2) is 6.19. The van der Waals surface area contributed by atoms with Crippen LogP contribution in [0.25, 0.3) is 0 Å². The standard InChI is InChI=1S/C16H22N6/c1-19-12-7-8-22(10-12)15-13(14(17)20-16(18)21-15)9-11-5-3-2-4-6-11/h2-6,12,19H,7-10H2,1H3,(H4,17,18,20,21). The molecule has 0 saturated carbocycles. The van der Waals surface area contributed by atoms with Gasteiger partial charge < -0.3 is 21.7 Å². The minimum Gasteiger partial charge on any atom is -0.383 e. The van der Waals surface area contributed by atoms with Gasteiger partial charge in [0.25, 0.3) is 0 Å². The van der Waals surface area contributed by atoms with Gasteiger partial charge in [0.15, 0.2) is 0 Å². The number of aromatic nitrogens is 2. The van der Waals surface area contributed by atoms with E-state index in [1.165, 1.54) is 5.56 Å². The summed E-state index contributed by atoms with van der Waals surface area (Å²) in [4.78, 5) is 10.9. The number of nitrogens with one attached hydrogen (secondary N) is 1. The molecule has 3 rings (SSSR count). The van der Waals surface area contributed by atoms with E-state index in [4.69, 9.17) is 11.5 Å². The van der Waals surface area contributed by atoms with Gasteiger partial charge >= 0.3 is 0 Å². The molecule has 1 saturated heterocycles. The van der Waals surface area contributed by atoms with E-state index in [9.17, 15) is 0 Å². The molecule has 0 aliphatic carbocycles. The average Bonchev–Trinajstić information content (AvgIpc) is 2.99. The molecule has 0 amide bonds. The number of hydrogen-bond donors (Lipinski definition) is 3. The van der Waals surface area contributed by atoms with Gasteiger partial charge in [0.2, 0.25) is 5.95 Å². The first-order valence-corrected chi connectivity index (χ1v) is 7.55. The molecule has 1 unspecified atom stereocenters. The Morgan fingerprint density at radius 2 is 2.00 bits per heavy atom. The SMILES string of the molecule is CNC1CCN(c2nc(N)nc(N)c2Cc2ccccc2)C1. The number of nitrogen functional groups attached to an aromatic ring is 2. The number of likely N-dealkylation sites (N-methyl/N-ethyl adjacent to an activating group) is 1. The first-order chi connectivity index (χ1) is 10.7. The lowest BCUT2D eigenvalue weighted by atomic mass is 10.1. The molecule has 0 radical (unpaired) electrons. The first kappa shape index (κ1) is 14.6. The molecule has 0 spiro atoms. The van der Waals surface area contributed by atoms with Gasteiger partial charge in [0.1, 0.15) is 11.6 Å². The molecule has 1 aliphatic heterocycles. The van der Waals surface area contributed by atoms with Crippen molar-refractivity contribution in [3.63, 3.8) is 0 Å². The molecule has 1 atom stereocenters. The molecule has 2 aromatic rings. The highest BCUT2D eigenvalue weighted by Crippen LogP contribution is 2.28. The van der Waals surface area contributed by atoms with Gasteiger partial charge in [0, 0.05) is 31.1 Å². The van der Waals surface area contributed by atoms with Crippen molar-refractivity contribution in [3.8, 4) is 0 Å². The van der Waals surface area contributed by atoms with Gasteiger partial charge in [-0.15, -0.1) is 0 Å². The van der Waals surface area contributed by atoms with Crippen LogP contribution in [0.2, 0.25) is 0 Å². The highest BCUT2D eigenvalue weighted by atomic mass is 15.3. The van der Waals surface area contributed by atoms with Crippen molar-refractivity contribution in [1.82, 2.24) is 15.3 Å². The predicted molar refractivity (Wildman–Crippen MR) is 89.8 cm³/mol. The van der Waals surface area contributed by atoms with E-state index < -0.39 is 0 Å². The van der Waals surface area contributed by atoms with Crippen LogP contribution in [-0.2, 0) is 6.42 Å². The number of nitrogens with zero attached hydrogens (tertiary/aromatic N) is 3. The third-order valence-electron chi connectivity index (χ3n) is 4.15. The van der Waals surface area contributed by atoms with Crippen LogP contribution >= 0.6 is 0 Å². The number of nitrogens with two attached hydrogens (primary N) is 2. The number of rotatable bonds is 4. The van der Waals surface area contributed by atoms with Crippen LogP contribution in [0.1, 0.15) is 17.5 Å². The lowest BCUT2D eigenvalue weighted by molar-refractivity contribution is 0.616. The van der Waals surface area contributed by atoms with Crippen LogP contribution in [0, 0.1) is 0 Å². The summed E-state index contributed by atoms with van der Waals surface area (Å²) in [6.07, 6.45) is 1.80. The molecule has 6 heteroatoms. The Kier molecular flexibility index (Phi) is 4.11. The Morgan fingerprint density at radius 3 is 2.68 bits per heavy atom. The maximum Gasteiger partial charge on any atom is 0.223 e. The van der Waals surface area contributed by atoms with E-state index in [2.05, 4.69) is 32.3 Å². The Bertz CT molecular complexity index is 643. The van der Waals surface area contributed by atoms with E-state index in [0.29, 0.717) is 18.3 Å². The molecular weight excluding hydrogens is 276 g/mol. The van der Waals surface area contributed by atoms with Crippen LogP contribution in [0.5, 0.6) is 0 Å². The van der Waals surface area contributed by atoms with Crippen molar-refractivity contribution in [1.29, 1.82) is 0 Å². The molecule has 22 heavy (non-hydrogen) atoms. The Hall–Kier alpha value is -2.34. The number of anilines is 3. The topological polar surface area (TPSA) is 93.1 Å². The van der Waals surface area contributed by atoms with Gasteiger partial charge in [0.05, 0.1) is 0 Å². The second-order valence-corrected chi connectivity index (χ2v) is 5.65. The summed E-state index contributed by atoms with van der Waals surface area (Å²) < 4.78 is 0. The fraction of sp³-hybridized carbons (Fsp3) is 0.375. The van der Waals surface area contributed by atoms with Crippen LogP contribution in [0.3, 0.4) is 0 Å². The lowest BCUT2D eigenvalue weighted by Crippen LogP contribution is -2.30. The van der Waals surface area contributed by atoms with E-state index in [1.807, 2.05) is 25.2 Å². The van der Waals surface area contributed by atoms with Gasteiger partial charge in [-0.1, -0.05) is 30.3 Å². The van der Waals surface area contributed by atoms with Crippen molar-refractivity contribution in [3.05, 3.63) is 41.5 Å². The van der Waals surface area contributed by atoms with Crippen molar-refractivity contribution in [2.45, 2.75) is 18.9 Å². The summed E-state index contributed by atoms with van der Waals surface area (Å²) in [7, 11) is 1.99. The minimum atomic E-state index is 0.234. The first-order valence-electron chi connectivity index (χ1n) is 7.55. The third kappa shape index (κ3) is 2.96. The van der Waals surface area contributed by atoms with Crippen LogP contribution < -0.4 is 21.7 Å². The monoisotopic (exact) mass is 298 g/mol. The van der Waals surface area contributed by atoms with Crippen LogP contribution in [0.15, 0.2) is 30.3 Å². The summed E-state index contributed by atoms with van der Waals surface area (Å²) in [6, 6.07) is 10.7. The predicted octanol–water partition coefficient (Wildman–Crippen LogP) is 1.03. The van der Waals surface area contributed by atoms with Gasteiger partial charge in [-0.3, -0.25) is 0 Å². The zero-order chi connectivity index (χ0) is 15.5. The van der Waals surface area contributed by atoms with Crippen LogP contribution in [-0.4, -0.2) is 36.1 Å². The minimum absolute atomic E-state index is 0.234. The molecule has 1 aromatic carbocycles. The largest absolute Gasteiger partial charge is 0.383 e. The normalized spacial score (nSPS) is 17.9. The Balaban J connectivity index is 1.94. The lowest BCUT2D eigenvalue weighted by Gasteiger charge is -2.22. The molecular formula is C16H22N6. The summed E-state index contributed by atoms with van der Waals surface area (Å²) in [6.45, 7) is 1.86. The summed E-state index contributed by atoms with van der Waals surface area (Å²) in [5, 5.41) is 3.31. The van der Waals surface area contributed by atoms with Crippen molar-refractivity contribution >= 4 is 17.6 Å². The van der Waals surface area contributed by atoms with Gasteiger partial charge in [-0.25, -0.2) is 0 Å². The van der Waals surface area contributed by atoms with Gasteiger partial charge in [-0.2, -0.15) is 9.97 Å². The Morgan fingerprint density at radius 1 is 1.23 bits per heavy atom. The molecule has 1 aliphatic rings. The smallest absolute Gasteiger partial charge is 0.223 e. The molecule has 1 fully saturated rings. The Labute approximate surface area is 130 Å². The van der Waals surface area contributed by atoms with Crippen LogP contribution in [0.4, 0.5) is 17.6 Å². The van der Waals surface area contributed by atoms with E-state index in [0.717, 1.165) is 30.9 Å². The molecule has 0 bridgehead atoms. The quantitative estimate of drug-likeness (QED) is 0.780. The van der Waals surface area contributed by atoms with E-state index >= 15 is 0 Å². The van der Waals surface area contributed by atoms with Crippen molar-refractivity contribution in [2.75, 3.05) is 36.5 Å². The maximum absolute atomic E-state index is 6.13. The molecule has 116 valence electrons. The average molecular weight is 298 g/mol. The second-order valence-electron chi connectivity index (χ2n) is 5.65. The highest BCUT2D eigenvalue weighted by Gasteiger charge is 2.25. The third-order valence-corrected chi connectivity index (χ3v) is 4.15. The molecule has 1 aromatic heterocycles. The fourth-order valence-corrected chi connectivity index (χ4v) is 2.93.